The number of rotatable bonds is 6. The van der Waals surface area contributed by atoms with Crippen LogP contribution in [0.5, 0.6) is 5.88 Å². The molecule has 1 rings (SSSR count). The standard InChI is InChI=1S/C12H21N3O/c1-5-14-10(4)6-11-7-13-8-12(15-11)16-9(2)3/h7-10,14H,5-6H2,1-4H3. The maximum Gasteiger partial charge on any atom is 0.232 e. The summed E-state index contributed by atoms with van der Waals surface area (Å²) in [6, 6.07) is 0.411. The molecule has 1 N–H and O–H groups in total. The van der Waals surface area contributed by atoms with Gasteiger partial charge in [-0.1, -0.05) is 6.92 Å². The van der Waals surface area contributed by atoms with Crippen LogP contribution in [0, 0.1) is 0 Å². The largest absolute Gasteiger partial charge is 0.474 e. The van der Waals surface area contributed by atoms with E-state index < -0.39 is 0 Å². The molecular weight excluding hydrogens is 202 g/mol. The molecule has 0 spiro atoms. The van der Waals surface area contributed by atoms with Gasteiger partial charge in [0.25, 0.3) is 0 Å². The molecule has 0 fully saturated rings. The van der Waals surface area contributed by atoms with Gasteiger partial charge in [0, 0.05) is 18.7 Å². The summed E-state index contributed by atoms with van der Waals surface area (Å²) >= 11 is 0. The highest BCUT2D eigenvalue weighted by atomic mass is 16.5. The van der Waals surface area contributed by atoms with Crippen LogP contribution in [0.2, 0.25) is 0 Å². The first-order chi connectivity index (χ1) is 7.61. The van der Waals surface area contributed by atoms with Crippen LogP contribution in [0.15, 0.2) is 12.4 Å². The summed E-state index contributed by atoms with van der Waals surface area (Å²) in [6.45, 7) is 9.17. The van der Waals surface area contributed by atoms with Crippen LogP contribution >= 0.6 is 0 Å². The van der Waals surface area contributed by atoms with Gasteiger partial charge in [0.1, 0.15) is 0 Å². The second-order valence-corrected chi connectivity index (χ2v) is 4.18. The highest BCUT2D eigenvalue weighted by Gasteiger charge is 2.06. The summed E-state index contributed by atoms with van der Waals surface area (Å²) in [4.78, 5) is 8.55. The minimum absolute atomic E-state index is 0.135. The Balaban J connectivity index is 2.59. The van der Waals surface area contributed by atoms with Gasteiger partial charge in [-0.2, -0.15) is 0 Å². The number of aromatic nitrogens is 2. The van der Waals surface area contributed by atoms with E-state index in [0.29, 0.717) is 11.9 Å². The molecule has 0 aliphatic heterocycles. The molecule has 4 nitrogen and oxygen atoms in total. The molecule has 0 bridgehead atoms. The van der Waals surface area contributed by atoms with Crippen LogP contribution in [0.1, 0.15) is 33.4 Å². The van der Waals surface area contributed by atoms with Gasteiger partial charge >= 0.3 is 0 Å². The van der Waals surface area contributed by atoms with Gasteiger partial charge in [-0.3, -0.25) is 4.98 Å². The molecule has 0 aliphatic rings. The van der Waals surface area contributed by atoms with Crippen molar-refractivity contribution >= 4 is 0 Å². The van der Waals surface area contributed by atoms with E-state index in [4.69, 9.17) is 4.74 Å². The molecule has 0 saturated heterocycles. The van der Waals surface area contributed by atoms with Crippen molar-refractivity contribution < 1.29 is 4.74 Å². The number of hydrogen-bond acceptors (Lipinski definition) is 4. The molecule has 90 valence electrons. The van der Waals surface area contributed by atoms with Crippen LogP contribution in [-0.2, 0) is 6.42 Å². The summed E-state index contributed by atoms with van der Waals surface area (Å²) in [5, 5.41) is 3.35. The van der Waals surface area contributed by atoms with Crippen molar-refractivity contribution in [1.82, 2.24) is 15.3 Å². The van der Waals surface area contributed by atoms with E-state index in [2.05, 4.69) is 29.1 Å². The van der Waals surface area contributed by atoms with E-state index in [9.17, 15) is 0 Å². The molecule has 1 aromatic rings. The van der Waals surface area contributed by atoms with E-state index in [1.54, 1.807) is 12.4 Å². The summed E-state index contributed by atoms with van der Waals surface area (Å²) in [5.41, 5.74) is 0.964. The van der Waals surface area contributed by atoms with Crippen molar-refractivity contribution in [3.8, 4) is 5.88 Å². The van der Waals surface area contributed by atoms with Gasteiger partial charge in [-0.05, 0) is 27.3 Å². The predicted octanol–water partition coefficient (Wildman–Crippen LogP) is 1.80. The van der Waals surface area contributed by atoms with Gasteiger partial charge < -0.3 is 10.1 Å². The van der Waals surface area contributed by atoms with Crippen molar-refractivity contribution in [3.63, 3.8) is 0 Å². The molecule has 0 aromatic carbocycles. The normalized spacial score (nSPS) is 12.8. The lowest BCUT2D eigenvalue weighted by molar-refractivity contribution is 0.230. The smallest absolute Gasteiger partial charge is 0.232 e. The number of nitrogens with zero attached hydrogens (tertiary/aromatic N) is 2. The fourth-order valence-corrected chi connectivity index (χ4v) is 1.52. The Labute approximate surface area is 97.5 Å². The van der Waals surface area contributed by atoms with Gasteiger partial charge in [0.2, 0.25) is 5.88 Å². The van der Waals surface area contributed by atoms with E-state index in [1.165, 1.54) is 0 Å². The second-order valence-electron chi connectivity index (χ2n) is 4.18. The molecule has 0 amide bonds. The quantitative estimate of drug-likeness (QED) is 0.799. The zero-order chi connectivity index (χ0) is 12.0. The summed E-state index contributed by atoms with van der Waals surface area (Å²) in [6.07, 6.45) is 4.45. The molecule has 1 aromatic heterocycles. The van der Waals surface area contributed by atoms with Crippen molar-refractivity contribution in [3.05, 3.63) is 18.1 Å². The number of nitrogens with one attached hydrogen (secondary N) is 1. The fraction of sp³-hybridized carbons (Fsp3) is 0.667. The zero-order valence-corrected chi connectivity index (χ0v) is 10.5. The Kier molecular flexibility index (Phi) is 5.19. The molecule has 1 atom stereocenters. The lowest BCUT2D eigenvalue weighted by Crippen LogP contribution is -2.28. The third-order valence-corrected chi connectivity index (χ3v) is 2.09. The zero-order valence-electron chi connectivity index (χ0n) is 10.5. The molecule has 0 aliphatic carbocycles. The van der Waals surface area contributed by atoms with Crippen LogP contribution in [0.25, 0.3) is 0 Å². The molecule has 16 heavy (non-hydrogen) atoms. The molecule has 1 unspecified atom stereocenters. The number of ether oxygens (including phenoxy) is 1. The Morgan fingerprint density at radius 1 is 1.31 bits per heavy atom. The average molecular weight is 223 g/mol. The topological polar surface area (TPSA) is 47.0 Å². The Bertz CT molecular complexity index is 315. The van der Waals surface area contributed by atoms with Gasteiger partial charge in [-0.15, -0.1) is 0 Å². The summed E-state index contributed by atoms with van der Waals surface area (Å²) in [5.74, 6) is 0.608. The highest BCUT2D eigenvalue weighted by molar-refractivity contribution is 5.09. The second kappa shape index (κ2) is 6.43. The predicted molar refractivity (Wildman–Crippen MR) is 64.6 cm³/mol. The first-order valence-corrected chi connectivity index (χ1v) is 5.82. The first-order valence-electron chi connectivity index (χ1n) is 5.82. The molecule has 4 heteroatoms. The van der Waals surface area contributed by atoms with Gasteiger partial charge in [0.05, 0.1) is 18.0 Å². The third-order valence-electron chi connectivity index (χ3n) is 2.09. The maximum atomic E-state index is 5.50. The first kappa shape index (κ1) is 12.9. The SMILES string of the molecule is CCNC(C)Cc1cncc(OC(C)C)n1. The highest BCUT2D eigenvalue weighted by Crippen LogP contribution is 2.08. The average Bonchev–Trinajstić information content (AvgIpc) is 2.17. The van der Waals surface area contributed by atoms with Crippen molar-refractivity contribution in [2.45, 2.75) is 46.3 Å². The Morgan fingerprint density at radius 2 is 2.06 bits per heavy atom. The molecule has 1 heterocycles. The summed E-state index contributed by atoms with van der Waals surface area (Å²) < 4.78 is 5.50. The third kappa shape index (κ3) is 4.57. The summed E-state index contributed by atoms with van der Waals surface area (Å²) in [7, 11) is 0. The number of likely N-dealkylation sites (N-methyl/N-ethyl adjacent to an activating group) is 1. The number of hydrogen-bond donors (Lipinski definition) is 1. The lowest BCUT2D eigenvalue weighted by Gasteiger charge is -2.13. The van der Waals surface area contributed by atoms with E-state index in [1.807, 2.05) is 13.8 Å². The fourth-order valence-electron chi connectivity index (χ4n) is 1.52. The Hall–Kier alpha value is -1.16. The van der Waals surface area contributed by atoms with E-state index >= 15 is 0 Å². The van der Waals surface area contributed by atoms with Gasteiger partial charge in [0.15, 0.2) is 0 Å². The maximum absolute atomic E-state index is 5.50. The lowest BCUT2D eigenvalue weighted by atomic mass is 10.2. The Morgan fingerprint density at radius 3 is 2.69 bits per heavy atom. The molecule has 0 radical (unpaired) electrons. The van der Waals surface area contributed by atoms with Crippen LogP contribution in [0.3, 0.4) is 0 Å². The van der Waals surface area contributed by atoms with Crippen molar-refractivity contribution in [2.24, 2.45) is 0 Å². The van der Waals surface area contributed by atoms with Crippen LogP contribution in [0.4, 0.5) is 0 Å². The van der Waals surface area contributed by atoms with Crippen molar-refractivity contribution in [1.29, 1.82) is 0 Å². The van der Waals surface area contributed by atoms with Crippen molar-refractivity contribution in [2.75, 3.05) is 6.54 Å². The van der Waals surface area contributed by atoms with Crippen LogP contribution < -0.4 is 10.1 Å². The van der Waals surface area contributed by atoms with E-state index in [-0.39, 0.29) is 6.10 Å². The van der Waals surface area contributed by atoms with Gasteiger partial charge in [-0.25, -0.2) is 4.98 Å². The molecular formula is C12H21N3O. The van der Waals surface area contributed by atoms with Crippen LogP contribution in [-0.4, -0.2) is 28.7 Å². The minimum atomic E-state index is 0.135. The monoisotopic (exact) mass is 223 g/mol. The minimum Gasteiger partial charge on any atom is -0.474 e. The van der Waals surface area contributed by atoms with E-state index in [0.717, 1.165) is 18.7 Å². The molecule has 0 saturated carbocycles.